The van der Waals surface area contributed by atoms with E-state index in [0.717, 1.165) is 25.7 Å². The normalized spacial score (nSPS) is 49.9. The topological polar surface area (TPSA) is 34.1 Å². The van der Waals surface area contributed by atoms with Crippen LogP contribution in [0.1, 0.15) is 39.5 Å². The summed E-state index contributed by atoms with van der Waals surface area (Å²) in [7, 11) is -3.11. The molecule has 96 valence electrons. The highest BCUT2D eigenvalue weighted by Gasteiger charge is 2.71. The van der Waals surface area contributed by atoms with Crippen LogP contribution in [0.3, 0.4) is 0 Å². The second-order valence-corrected chi connectivity index (χ2v) is 9.74. The van der Waals surface area contributed by atoms with Gasteiger partial charge in [-0.1, -0.05) is 26.0 Å². The summed E-state index contributed by atoms with van der Waals surface area (Å²) >= 11 is 6.37. The van der Waals surface area contributed by atoms with E-state index < -0.39 is 14.5 Å². The van der Waals surface area contributed by atoms with Crippen LogP contribution in [0.4, 0.5) is 0 Å². The molecule has 2 nitrogen and oxygen atoms in total. The second-order valence-electron chi connectivity index (χ2n) is 6.96. The number of rotatable bonds is 0. The first kappa shape index (κ1) is 12.0. The fourth-order valence-electron chi connectivity index (χ4n) is 4.83. The van der Waals surface area contributed by atoms with Crippen molar-refractivity contribution in [1.29, 1.82) is 0 Å². The molecule has 2 fully saturated rings. The molecule has 3 aliphatic rings. The molecule has 1 aliphatic heterocycles. The summed E-state index contributed by atoms with van der Waals surface area (Å²) < 4.78 is 23.7. The van der Waals surface area contributed by atoms with Crippen LogP contribution in [0.5, 0.6) is 0 Å². The molecular weight excluding hydrogens is 256 g/mol. The molecule has 3 rings (SSSR count). The lowest BCUT2D eigenvalue weighted by Crippen LogP contribution is -2.40. The minimum absolute atomic E-state index is 0.0868. The van der Waals surface area contributed by atoms with Gasteiger partial charge in [-0.25, -0.2) is 8.42 Å². The number of alkyl halides is 1. The maximum absolute atomic E-state index is 12.2. The van der Waals surface area contributed by atoms with Gasteiger partial charge in [0, 0.05) is 5.41 Å². The maximum Gasteiger partial charge on any atom is 0.168 e. The summed E-state index contributed by atoms with van der Waals surface area (Å²) in [4.78, 5) is 0. The summed E-state index contributed by atoms with van der Waals surface area (Å²) in [5.41, 5.74) is -0.0722. The van der Waals surface area contributed by atoms with Crippen molar-refractivity contribution in [2.24, 2.45) is 16.2 Å². The van der Waals surface area contributed by atoms with Gasteiger partial charge in [0.2, 0.25) is 0 Å². The summed E-state index contributed by atoms with van der Waals surface area (Å²) in [6, 6.07) is 0. The Labute approximate surface area is 108 Å². The van der Waals surface area contributed by atoms with Crippen molar-refractivity contribution < 1.29 is 8.42 Å². The molecule has 0 aromatic rings. The van der Waals surface area contributed by atoms with Crippen molar-refractivity contribution in [3.8, 4) is 0 Å². The molecule has 4 heteroatoms. The van der Waals surface area contributed by atoms with Crippen LogP contribution in [0, 0.1) is 16.2 Å². The van der Waals surface area contributed by atoms with E-state index in [0.29, 0.717) is 5.75 Å². The number of halogens is 1. The Balaban J connectivity index is 2.19. The highest BCUT2D eigenvalue weighted by Crippen LogP contribution is 2.72. The molecule has 2 aliphatic carbocycles. The van der Waals surface area contributed by atoms with E-state index in [1.807, 2.05) is 0 Å². The molecule has 0 spiro atoms. The van der Waals surface area contributed by atoms with Crippen molar-refractivity contribution in [3.63, 3.8) is 0 Å². The Bertz CT molecular complexity index is 494. The van der Waals surface area contributed by atoms with Crippen molar-refractivity contribution in [3.05, 3.63) is 12.2 Å². The average molecular weight is 275 g/mol. The van der Waals surface area contributed by atoms with Crippen molar-refractivity contribution in [2.75, 3.05) is 5.75 Å². The predicted molar refractivity (Wildman–Crippen MR) is 69.7 cm³/mol. The minimum Gasteiger partial charge on any atom is -0.227 e. The van der Waals surface area contributed by atoms with Crippen LogP contribution in [-0.4, -0.2) is 18.9 Å². The van der Waals surface area contributed by atoms with Gasteiger partial charge in [-0.15, -0.1) is 11.6 Å². The fourth-order valence-corrected chi connectivity index (χ4v) is 7.96. The zero-order valence-corrected chi connectivity index (χ0v) is 11.9. The minimum atomic E-state index is -3.11. The third-order valence-electron chi connectivity index (χ3n) is 5.05. The fraction of sp³-hybridized carbons (Fsp3) is 0.846. The van der Waals surface area contributed by atoms with Crippen molar-refractivity contribution in [1.82, 2.24) is 0 Å². The Morgan fingerprint density at radius 2 is 1.82 bits per heavy atom. The van der Waals surface area contributed by atoms with Crippen LogP contribution >= 0.6 is 11.6 Å². The Hall–Kier alpha value is -0.0200. The van der Waals surface area contributed by atoms with E-state index in [2.05, 4.69) is 26.0 Å². The lowest BCUT2D eigenvalue weighted by atomic mass is 9.62. The zero-order chi connectivity index (χ0) is 12.5. The first-order valence-corrected chi connectivity index (χ1v) is 8.39. The molecule has 0 aromatic carbocycles. The number of hydrogen-bond acceptors (Lipinski definition) is 2. The van der Waals surface area contributed by atoms with E-state index in [-0.39, 0.29) is 16.2 Å². The smallest absolute Gasteiger partial charge is 0.168 e. The van der Waals surface area contributed by atoms with Crippen LogP contribution in [-0.2, 0) is 9.84 Å². The molecule has 0 N–H and O–H groups in total. The average Bonchev–Trinajstić information content (AvgIpc) is 2.50. The Morgan fingerprint density at radius 1 is 1.18 bits per heavy atom. The molecule has 1 heterocycles. The van der Waals surface area contributed by atoms with Crippen LogP contribution in [0.2, 0.25) is 0 Å². The monoisotopic (exact) mass is 274 g/mol. The molecular formula is C13H19ClO2S. The second kappa shape index (κ2) is 3.11. The standard InChI is InChI=1S/C13H19ClO2S/c1-11(2)7-12-5-3-4-6-13(12,8-11)10(14)17(15,16)9-12/h3-4,10H,5-9H2,1-2H3/t10-,12+,13-/m1/s1. The summed E-state index contributed by atoms with van der Waals surface area (Å²) in [5, 5.41) is 0. The van der Waals surface area contributed by atoms with Crippen LogP contribution in [0.25, 0.3) is 0 Å². The molecule has 0 aromatic heterocycles. The van der Waals surface area contributed by atoms with Gasteiger partial charge in [-0.05, 0) is 36.5 Å². The SMILES string of the molecule is CC1(C)C[C@]23CC=CC[C@@]2(C1)[C@H](Cl)S(=O)(=O)C3. The van der Waals surface area contributed by atoms with Crippen LogP contribution < -0.4 is 0 Å². The largest absolute Gasteiger partial charge is 0.227 e. The number of sulfone groups is 1. The molecule has 0 bridgehead atoms. The first-order chi connectivity index (χ1) is 7.73. The Kier molecular flexibility index (Phi) is 2.20. The van der Waals surface area contributed by atoms with E-state index in [1.165, 1.54) is 0 Å². The van der Waals surface area contributed by atoms with Crippen molar-refractivity contribution in [2.45, 2.75) is 44.2 Å². The van der Waals surface area contributed by atoms with Crippen molar-refractivity contribution >= 4 is 21.4 Å². The molecule has 0 amide bonds. The lowest BCUT2D eigenvalue weighted by molar-refractivity contribution is 0.122. The Morgan fingerprint density at radius 3 is 2.47 bits per heavy atom. The van der Waals surface area contributed by atoms with E-state index in [9.17, 15) is 8.42 Å². The van der Waals surface area contributed by atoms with Gasteiger partial charge in [0.05, 0.1) is 5.75 Å². The molecule has 1 saturated carbocycles. The van der Waals surface area contributed by atoms with Gasteiger partial charge in [0.25, 0.3) is 0 Å². The van der Waals surface area contributed by atoms with Gasteiger partial charge in [-0.3, -0.25) is 0 Å². The molecule has 0 unspecified atom stereocenters. The molecule has 3 atom stereocenters. The predicted octanol–water partition coefficient (Wildman–Crippen LogP) is 3.12. The quantitative estimate of drug-likeness (QED) is 0.502. The van der Waals surface area contributed by atoms with E-state index >= 15 is 0 Å². The van der Waals surface area contributed by atoms with E-state index in [4.69, 9.17) is 11.6 Å². The van der Waals surface area contributed by atoms with E-state index in [1.54, 1.807) is 0 Å². The zero-order valence-electron chi connectivity index (χ0n) is 10.4. The highest BCUT2D eigenvalue weighted by molar-refractivity contribution is 7.93. The first-order valence-electron chi connectivity index (χ1n) is 6.24. The van der Waals surface area contributed by atoms with Gasteiger partial charge < -0.3 is 0 Å². The van der Waals surface area contributed by atoms with Gasteiger partial charge in [0.1, 0.15) is 4.71 Å². The maximum atomic E-state index is 12.2. The molecule has 17 heavy (non-hydrogen) atoms. The number of hydrogen-bond donors (Lipinski definition) is 0. The third-order valence-corrected chi connectivity index (χ3v) is 8.32. The summed E-state index contributed by atoms with van der Waals surface area (Å²) in [6.07, 6.45) is 7.95. The molecule has 1 saturated heterocycles. The number of allylic oxidation sites excluding steroid dienone is 2. The lowest BCUT2D eigenvalue weighted by Gasteiger charge is -2.42. The van der Waals surface area contributed by atoms with Gasteiger partial charge in [-0.2, -0.15) is 0 Å². The molecule has 0 radical (unpaired) electrons. The third kappa shape index (κ3) is 1.36. The highest BCUT2D eigenvalue weighted by atomic mass is 35.5. The summed E-state index contributed by atoms with van der Waals surface area (Å²) in [5.74, 6) is 0.294. The van der Waals surface area contributed by atoms with Crippen LogP contribution in [0.15, 0.2) is 12.2 Å². The van der Waals surface area contributed by atoms with Gasteiger partial charge in [0.15, 0.2) is 9.84 Å². The van der Waals surface area contributed by atoms with Gasteiger partial charge >= 0.3 is 0 Å². The summed E-state index contributed by atoms with van der Waals surface area (Å²) in [6.45, 7) is 4.49.